The van der Waals surface area contributed by atoms with Crippen molar-refractivity contribution in [2.75, 3.05) is 76.8 Å². The molecule has 3 heterocycles. The molecule has 6 aromatic rings. The molecule has 0 aliphatic rings. The molecule has 0 radical (unpaired) electrons. The van der Waals surface area contributed by atoms with E-state index in [-0.39, 0.29) is 13.2 Å². The number of ether oxygens (including phenoxy) is 1. The molecule has 0 atom stereocenters. The number of azo groups is 3. The molecule has 0 amide bonds. The van der Waals surface area contributed by atoms with Crippen molar-refractivity contribution >= 4 is 79.1 Å². The predicted molar refractivity (Wildman–Crippen MR) is 300 cm³/mol. The van der Waals surface area contributed by atoms with Crippen LogP contribution in [0.4, 0.5) is 51.6 Å². The first-order chi connectivity index (χ1) is 35.2. The molecule has 0 bridgehead atoms. The fourth-order valence-corrected chi connectivity index (χ4v) is 9.24. The highest BCUT2D eigenvalue weighted by atomic mass is 79.9. The van der Waals surface area contributed by atoms with Gasteiger partial charge in [0.05, 0.1) is 63.3 Å². The van der Waals surface area contributed by atoms with E-state index in [9.17, 15) is 0 Å². The monoisotopic (exact) mass is 1100 g/mol. The second-order valence-electron chi connectivity index (χ2n) is 18.0. The topological polar surface area (TPSA) is 205 Å². The second kappa shape index (κ2) is 28.7. The Hall–Kier alpha value is -5.94. The van der Waals surface area contributed by atoms with Crippen molar-refractivity contribution in [3.05, 3.63) is 102 Å². The lowest BCUT2D eigenvalue weighted by Gasteiger charge is -2.25. The van der Waals surface area contributed by atoms with Crippen molar-refractivity contribution < 1.29 is 25.0 Å². The highest BCUT2D eigenvalue weighted by Crippen LogP contribution is 2.40. The first kappa shape index (κ1) is 60.6. The van der Waals surface area contributed by atoms with Crippen LogP contribution in [0.3, 0.4) is 0 Å². The van der Waals surface area contributed by atoms with Gasteiger partial charge in [0.15, 0.2) is 11.6 Å². The van der Waals surface area contributed by atoms with Crippen LogP contribution in [0.2, 0.25) is 5.02 Å². The van der Waals surface area contributed by atoms with E-state index in [2.05, 4.69) is 156 Å². The molecule has 0 spiro atoms. The summed E-state index contributed by atoms with van der Waals surface area (Å²) in [4.78, 5) is 14.6. The van der Waals surface area contributed by atoms with Crippen LogP contribution in [-0.4, -0.2) is 102 Å². The third-order valence-corrected chi connectivity index (χ3v) is 13.8. The van der Waals surface area contributed by atoms with Crippen molar-refractivity contribution in [3.63, 3.8) is 0 Å². The average molecular weight is 1110 g/mol. The van der Waals surface area contributed by atoms with Gasteiger partial charge in [-0.2, -0.15) is 10.2 Å². The van der Waals surface area contributed by atoms with Crippen LogP contribution in [0, 0.1) is 48.5 Å². The smallest absolute Gasteiger partial charge is 0.210 e. The van der Waals surface area contributed by atoms with Crippen molar-refractivity contribution in [2.24, 2.45) is 37.7 Å². The van der Waals surface area contributed by atoms with Gasteiger partial charge in [-0.3, -0.25) is 24.6 Å². The zero-order valence-corrected chi connectivity index (χ0v) is 48.5. The number of methoxy groups -OCH3 is 1. The van der Waals surface area contributed by atoms with Crippen LogP contribution in [0.15, 0.2) is 71.7 Å². The Balaban J connectivity index is 0.000000241. The highest BCUT2D eigenvalue weighted by Gasteiger charge is 2.18. The molecule has 0 saturated carbocycles. The summed E-state index contributed by atoms with van der Waals surface area (Å²) in [5.41, 5.74) is 16.8. The summed E-state index contributed by atoms with van der Waals surface area (Å²) in [6, 6.07) is 9.59. The van der Waals surface area contributed by atoms with Gasteiger partial charge in [0, 0.05) is 85.6 Å². The third-order valence-electron chi connectivity index (χ3n) is 12.7. The number of halogens is 2. The van der Waals surface area contributed by atoms with E-state index in [0.29, 0.717) is 53.6 Å². The molecule has 402 valence electrons. The number of aryl methyl sites for hydroxylation is 3. The summed E-state index contributed by atoms with van der Waals surface area (Å²) in [5.74, 6) is 1.57. The molecule has 3 aromatic carbocycles. The van der Waals surface area contributed by atoms with Crippen molar-refractivity contribution in [3.8, 4) is 0 Å². The van der Waals surface area contributed by atoms with Gasteiger partial charge in [-0.15, -0.1) is 35.8 Å². The van der Waals surface area contributed by atoms with Gasteiger partial charge in [0.25, 0.3) is 0 Å². The minimum absolute atomic E-state index is 0.00767. The molecule has 0 unspecified atom stereocenters. The Bertz CT molecular complexity index is 2880. The molecular weight excluding hydrogens is 1030 g/mol. The zero-order valence-electron chi connectivity index (χ0n) is 46.2. The highest BCUT2D eigenvalue weighted by molar-refractivity contribution is 9.10. The SMILES string of the molecule is CCN(C)c1c(C)c(C)c(N=Nc2ccn(CCOO)n2)c(C)c1C.CCc1cc(N(C)C)cc(C)c1N=Nc1nn(C)c(CC)c1Br.COCCn1nc(N=Nc2cc(Cl)c(N(C)C)c(C)c2C)cc1COO. The largest absolute Gasteiger partial charge is 0.383 e. The second-order valence-corrected chi connectivity index (χ2v) is 19.2. The van der Waals surface area contributed by atoms with Crippen LogP contribution >= 0.6 is 27.5 Å². The van der Waals surface area contributed by atoms with Crippen LogP contribution in [0.1, 0.15) is 76.7 Å². The van der Waals surface area contributed by atoms with Crippen molar-refractivity contribution in [2.45, 2.75) is 102 Å². The molecule has 2 N–H and O–H groups in total. The maximum absolute atomic E-state index is 8.71. The summed E-state index contributed by atoms with van der Waals surface area (Å²) in [6.07, 6.45) is 3.60. The van der Waals surface area contributed by atoms with Crippen LogP contribution in [0.25, 0.3) is 0 Å². The number of rotatable bonds is 20. The van der Waals surface area contributed by atoms with Crippen molar-refractivity contribution in [1.29, 1.82) is 0 Å². The van der Waals surface area contributed by atoms with E-state index < -0.39 is 0 Å². The molecule has 0 aliphatic heterocycles. The molecule has 74 heavy (non-hydrogen) atoms. The van der Waals surface area contributed by atoms with Gasteiger partial charge in [-0.1, -0.05) is 25.4 Å². The Morgan fingerprint density at radius 2 is 1.32 bits per heavy atom. The maximum Gasteiger partial charge on any atom is 0.210 e. The lowest BCUT2D eigenvalue weighted by Crippen LogP contribution is -2.19. The summed E-state index contributed by atoms with van der Waals surface area (Å²) in [7, 11) is 13.6. The Morgan fingerprint density at radius 3 is 1.89 bits per heavy atom. The van der Waals surface area contributed by atoms with Gasteiger partial charge in [-0.05, 0) is 147 Å². The minimum atomic E-state index is 0.00767. The standard InChI is InChI=1S/C18H27N5O2.C17H24BrN5.C17H24ClN5O3/c1-7-22(6)18-14(4)12(2)17(13(3)15(18)5)20-19-16-8-9-23(21-16)10-11-25-24;1-7-12-10-13(22(4)5)9-11(3)16(12)19-20-17-15(18)14(8-2)23(6)21-17;1-11-12(2)17(22(3)4)14(18)9-15(11)19-20-16-8-13(10-26-24)23(21-16)6-7-25-5/h8-9,24H,7,10-11H2,1-6H3;9-10H,7-8H2,1-6H3;8-9,24H,6-7,10H2,1-5H3. The molecule has 20 nitrogen and oxygen atoms in total. The summed E-state index contributed by atoms with van der Waals surface area (Å²) >= 11 is 9.97. The van der Waals surface area contributed by atoms with E-state index in [1.165, 1.54) is 28.1 Å². The van der Waals surface area contributed by atoms with E-state index in [4.69, 9.17) is 26.9 Å². The average Bonchev–Trinajstić information content (AvgIpc) is 4.07. The van der Waals surface area contributed by atoms with E-state index in [1.54, 1.807) is 40.9 Å². The van der Waals surface area contributed by atoms with Crippen LogP contribution < -0.4 is 14.7 Å². The van der Waals surface area contributed by atoms with Crippen LogP contribution in [0.5, 0.6) is 0 Å². The molecule has 22 heteroatoms. The Labute approximate surface area is 449 Å². The number of hydrogen-bond acceptors (Lipinski definition) is 17. The molecule has 6 rings (SSSR count). The number of hydrogen-bond donors (Lipinski definition) is 2. The van der Waals surface area contributed by atoms with Gasteiger partial charge in [-0.25, -0.2) is 9.78 Å². The maximum atomic E-state index is 8.71. The van der Waals surface area contributed by atoms with Gasteiger partial charge >= 0.3 is 0 Å². The van der Waals surface area contributed by atoms with E-state index >= 15 is 0 Å². The molecular formula is C52H75BrClN15O5. The summed E-state index contributed by atoms with van der Waals surface area (Å²) in [6.45, 7) is 23.5. The lowest BCUT2D eigenvalue weighted by molar-refractivity contribution is -0.254. The Morgan fingerprint density at radius 1 is 0.676 bits per heavy atom. The van der Waals surface area contributed by atoms with Gasteiger partial charge in [0.2, 0.25) is 5.82 Å². The molecule has 0 saturated heterocycles. The van der Waals surface area contributed by atoms with Gasteiger partial charge < -0.3 is 19.4 Å². The summed E-state index contributed by atoms with van der Waals surface area (Å²) < 4.78 is 11.1. The third kappa shape index (κ3) is 15.3. The first-order valence-electron chi connectivity index (χ1n) is 24.4. The number of nitrogens with zero attached hydrogens (tertiary/aromatic N) is 15. The van der Waals surface area contributed by atoms with Gasteiger partial charge in [0.1, 0.15) is 13.2 Å². The fraction of sp³-hybridized carbons (Fsp3) is 0.481. The predicted octanol–water partition coefficient (Wildman–Crippen LogP) is 13.8. The number of benzene rings is 3. The number of anilines is 3. The number of aromatic nitrogens is 6. The molecule has 3 aromatic heterocycles. The van der Waals surface area contributed by atoms with E-state index in [0.717, 1.165) is 74.4 Å². The molecule has 0 fully saturated rings. The quantitative estimate of drug-likeness (QED) is 0.0418. The minimum Gasteiger partial charge on any atom is -0.383 e. The molecule has 0 aliphatic carbocycles. The van der Waals surface area contributed by atoms with Crippen LogP contribution in [-0.2, 0) is 54.1 Å². The fourth-order valence-electron chi connectivity index (χ4n) is 8.13. The summed E-state index contributed by atoms with van der Waals surface area (Å²) in [5, 5.41) is 56.9. The Kier molecular flexibility index (Phi) is 23.5. The lowest BCUT2D eigenvalue weighted by atomic mass is 9.95. The first-order valence-corrected chi connectivity index (χ1v) is 25.5. The normalized spacial score (nSPS) is 11.5. The van der Waals surface area contributed by atoms with Crippen molar-refractivity contribution in [1.82, 2.24) is 29.3 Å². The van der Waals surface area contributed by atoms with E-state index in [1.807, 2.05) is 58.7 Å². The zero-order chi connectivity index (χ0) is 55.0.